The van der Waals surface area contributed by atoms with Gasteiger partial charge in [0.1, 0.15) is 0 Å². The Labute approximate surface area is 170 Å². The van der Waals surface area contributed by atoms with Gasteiger partial charge in [0.15, 0.2) is 0 Å². The molecular weight excluding hydrogens is 376 g/mol. The normalized spacial score (nSPS) is 14.6. The van der Waals surface area contributed by atoms with Crippen molar-refractivity contribution in [1.29, 1.82) is 0 Å². The lowest BCUT2D eigenvalue weighted by Gasteiger charge is -2.34. The zero-order chi connectivity index (χ0) is 19.9. The van der Waals surface area contributed by atoms with Crippen LogP contribution in [0.15, 0.2) is 48.5 Å². The van der Waals surface area contributed by atoms with Crippen molar-refractivity contribution in [3.8, 4) is 0 Å². The van der Waals surface area contributed by atoms with Gasteiger partial charge >= 0.3 is 0 Å². The van der Waals surface area contributed by atoms with Crippen LogP contribution in [0, 0.1) is 0 Å². The lowest BCUT2D eigenvalue weighted by molar-refractivity contribution is -0.116. The van der Waals surface area contributed by atoms with Gasteiger partial charge < -0.3 is 20.4 Å². The van der Waals surface area contributed by atoms with Gasteiger partial charge in [0.05, 0.1) is 10.6 Å². The molecule has 6 nitrogen and oxygen atoms in total. The van der Waals surface area contributed by atoms with Crippen molar-refractivity contribution >= 4 is 34.8 Å². The Morgan fingerprint density at radius 3 is 2.36 bits per heavy atom. The summed E-state index contributed by atoms with van der Waals surface area (Å²) < 4.78 is 0. The molecule has 0 unspecified atom stereocenters. The van der Waals surface area contributed by atoms with E-state index in [0.717, 1.165) is 37.6 Å². The van der Waals surface area contributed by atoms with Gasteiger partial charge in [-0.1, -0.05) is 23.7 Å². The average Bonchev–Trinajstić information content (AvgIpc) is 2.69. The lowest BCUT2D eigenvalue weighted by Crippen LogP contribution is -2.44. The molecule has 0 aromatic heterocycles. The molecule has 1 saturated heterocycles. The average molecular weight is 401 g/mol. The van der Waals surface area contributed by atoms with Crippen molar-refractivity contribution in [2.45, 2.75) is 6.42 Å². The first kappa shape index (κ1) is 20.2. The molecule has 3 rings (SSSR count). The van der Waals surface area contributed by atoms with Crippen LogP contribution in [0.4, 0.5) is 11.4 Å². The number of piperazine rings is 1. The molecule has 0 radical (unpaired) electrons. The van der Waals surface area contributed by atoms with E-state index in [2.05, 4.69) is 27.5 Å². The summed E-state index contributed by atoms with van der Waals surface area (Å²) in [4.78, 5) is 28.9. The summed E-state index contributed by atoms with van der Waals surface area (Å²) in [6.07, 6.45) is 0.191. The third-order valence-corrected chi connectivity index (χ3v) is 5.11. The number of anilines is 2. The summed E-state index contributed by atoms with van der Waals surface area (Å²) in [5.74, 6) is -0.429. The van der Waals surface area contributed by atoms with Gasteiger partial charge in [0, 0.05) is 50.5 Å². The number of hydrogen-bond acceptors (Lipinski definition) is 4. The number of carbonyl (C=O) groups excluding carboxylic acids is 2. The molecule has 7 heteroatoms. The maximum atomic E-state index is 12.1. The minimum Gasteiger partial charge on any atom is -0.369 e. The third-order valence-electron chi connectivity index (χ3n) is 4.78. The first-order valence-corrected chi connectivity index (χ1v) is 9.77. The van der Waals surface area contributed by atoms with Gasteiger partial charge in [0.2, 0.25) is 5.91 Å². The molecule has 28 heavy (non-hydrogen) atoms. The van der Waals surface area contributed by atoms with Gasteiger partial charge in [0.25, 0.3) is 5.91 Å². The number of rotatable bonds is 6. The summed E-state index contributed by atoms with van der Waals surface area (Å²) in [6, 6.07) is 14.7. The number of halogens is 1. The number of carbonyl (C=O) groups is 2. The van der Waals surface area contributed by atoms with E-state index in [1.165, 1.54) is 0 Å². The minimum atomic E-state index is -0.282. The number of benzene rings is 2. The molecule has 0 aliphatic carbocycles. The lowest BCUT2D eigenvalue weighted by atomic mass is 10.2. The summed E-state index contributed by atoms with van der Waals surface area (Å²) in [5.41, 5.74) is 2.32. The molecule has 1 heterocycles. The monoisotopic (exact) mass is 400 g/mol. The van der Waals surface area contributed by atoms with Crippen LogP contribution in [0.5, 0.6) is 0 Å². The van der Waals surface area contributed by atoms with Crippen LogP contribution in [0.25, 0.3) is 0 Å². The van der Waals surface area contributed by atoms with Crippen LogP contribution in [0.1, 0.15) is 16.8 Å². The minimum absolute atomic E-state index is 0.146. The van der Waals surface area contributed by atoms with Crippen molar-refractivity contribution < 1.29 is 9.59 Å². The molecule has 0 saturated carbocycles. The highest BCUT2D eigenvalue weighted by molar-refractivity contribution is 6.33. The number of amides is 2. The van der Waals surface area contributed by atoms with Crippen molar-refractivity contribution in [3.05, 3.63) is 59.1 Å². The van der Waals surface area contributed by atoms with Gasteiger partial charge in [-0.05, 0) is 43.4 Å². The molecule has 148 valence electrons. The van der Waals surface area contributed by atoms with Gasteiger partial charge in [-0.2, -0.15) is 0 Å². The van der Waals surface area contributed by atoms with Crippen LogP contribution >= 0.6 is 11.6 Å². The summed E-state index contributed by atoms with van der Waals surface area (Å²) in [6.45, 7) is 4.37. The van der Waals surface area contributed by atoms with Crippen LogP contribution in [0.3, 0.4) is 0 Å². The molecule has 0 bridgehead atoms. The van der Waals surface area contributed by atoms with Crippen molar-refractivity contribution in [1.82, 2.24) is 10.2 Å². The van der Waals surface area contributed by atoms with Gasteiger partial charge in [-0.15, -0.1) is 0 Å². The standard InChI is InChI=1S/C21H25ClN4O2/c1-25-12-14-26(15-13-25)17-8-6-16(7-9-17)24-20(27)10-11-23-21(28)18-4-2-3-5-19(18)22/h2-9H,10-15H2,1H3,(H,23,28)(H,24,27). The molecule has 2 N–H and O–H groups in total. The van der Waals surface area contributed by atoms with E-state index in [9.17, 15) is 9.59 Å². The number of nitrogens with zero attached hydrogens (tertiary/aromatic N) is 2. The van der Waals surface area contributed by atoms with E-state index >= 15 is 0 Å². The Kier molecular flexibility index (Phi) is 6.90. The van der Waals surface area contributed by atoms with Crippen molar-refractivity contribution in [2.24, 2.45) is 0 Å². The predicted molar refractivity (Wildman–Crippen MR) is 113 cm³/mol. The second kappa shape index (κ2) is 9.57. The molecule has 1 aliphatic heterocycles. The molecule has 0 atom stereocenters. The van der Waals surface area contributed by atoms with Crippen molar-refractivity contribution in [2.75, 3.05) is 50.0 Å². The topological polar surface area (TPSA) is 64.7 Å². The highest BCUT2D eigenvalue weighted by Gasteiger charge is 2.14. The predicted octanol–water partition coefficient (Wildman–Crippen LogP) is 2.85. The SMILES string of the molecule is CN1CCN(c2ccc(NC(=O)CCNC(=O)c3ccccc3Cl)cc2)CC1. The first-order chi connectivity index (χ1) is 13.5. The molecule has 0 spiro atoms. The highest BCUT2D eigenvalue weighted by Crippen LogP contribution is 2.19. The molecule has 2 amide bonds. The Hall–Kier alpha value is -2.57. The summed E-state index contributed by atoms with van der Waals surface area (Å²) in [5, 5.41) is 5.97. The van der Waals surface area contributed by atoms with Crippen LogP contribution in [-0.4, -0.2) is 56.5 Å². The van der Waals surface area contributed by atoms with E-state index in [-0.39, 0.29) is 24.8 Å². The second-order valence-corrected chi connectivity index (χ2v) is 7.28. The number of nitrogens with one attached hydrogen (secondary N) is 2. The Morgan fingerprint density at radius 2 is 1.68 bits per heavy atom. The molecule has 1 aliphatic rings. The summed E-state index contributed by atoms with van der Waals surface area (Å²) >= 11 is 6.00. The Morgan fingerprint density at radius 1 is 1.00 bits per heavy atom. The maximum absolute atomic E-state index is 12.1. The fourth-order valence-electron chi connectivity index (χ4n) is 3.07. The smallest absolute Gasteiger partial charge is 0.252 e. The Bertz CT molecular complexity index is 817. The van der Waals surface area contributed by atoms with E-state index in [1.807, 2.05) is 24.3 Å². The van der Waals surface area contributed by atoms with Gasteiger partial charge in [-0.25, -0.2) is 0 Å². The fourth-order valence-corrected chi connectivity index (χ4v) is 3.30. The van der Waals surface area contributed by atoms with Crippen LogP contribution in [0.2, 0.25) is 5.02 Å². The largest absolute Gasteiger partial charge is 0.369 e. The zero-order valence-corrected chi connectivity index (χ0v) is 16.7. The van der Waals surface area contributed by atoms with E-state index in [0.29, 0.717) is 10.6 Å². The van der Waals surface area contributed by atoms with E-state index < -0.39 is 0 Å². The zero-order valence-electron chi connectivity index (χ0n) is 16.0. The van der Waals surface area contributed by atoms with Crippen LogP contribution in [-0.2, 0) is 4.79 Å². The summed E-state index contributed by atoms with van der Waals surface area (Å²) in [7, 11) is 2.13. The third kappa shape index (κ3) is 5.47. The molecule has 1 fully saturated rings. The Balaban J connectivity index is 1.43. The van der Waals surface area contributed by atoms with Crippen LogP contribution < -0.4 is 15.5 Å². The fraction of sp³-hybridized carbons (Fsp3) is 0.333. The number of hydrogen-bond donors (Lipinski definition) is 2. The van der Waals surface area contributed by atoms with Gasteiger partial charge in [-0.3, -0.25) is 9.59 Å². The quantitative estimate of drug-likeness (QED) is 0.782. The molecule has 2 aromatic carbocycles. The van der Waals surface area contributed by atoms with E-state index in [1.54, 1.807) is 24.3 Å². The maximum Gasteiger partial charge on any atom is 0.252 e. The van der Waals surface area contributed by atoms with E-state index in [4.69, 9.17) is 11.6 Å². The highest BCUT2D eigenvalue weighted by atomic mass is 35.5. The number of likely N-dealkylation sites (N-methyl/N-ethyl adjacent to an activating group) is 1. The second-order valence-electron chi connectivity index (χ2n) is 6.87. The molecule has 2 aromatic rings. The first-order valence-electron chi connectivity index (χ1n) is 9.39. The molecular formula is C21H25ClN4O2. The van der Waals surface area contributed by atoms with Crippen molar-refractivity contribution in [3.63, 3.8) is 0 Å².